The minimum absolute atomic E-state index is 0.0289. The van der Waals surface area contributed by atoms with Gasteiger partial charge < -0.3 is 10.8 Å². The highest BCUT2D eigenvalue weighted by Gasteiger charge is 2.04. The van der Waals surface area contributed by atoms with E-state index in [9.17, 15) is 9.18 Å². The van der Waals surface area contributed by atoms with Gasteiger partial charge in [0, 0.05) is 12.5 Å². The summed E-state index contributed by atoms with van der Waals surface area (Å²) in [6.07, 6.45) is 0.647. The molecule has 0 amide bonds. The van der Waals surface area contributed by atoms with E-state index in [0.29, 0.717) is 6.42 Å². The van der Waals surface area contributed by atoms with Gasteiger partial charge in [-0.3, -0.25) is 9.18 Å². The van der Waals surface area contributed by atoms with Gasteiger partial charge in [0.2, 0.25) is 0 Å². The Morgan fingerprint density at radius 2 is 2.20 bits per heavy atom. The number of aliphatic carboxylic acids is 1. The van der Waals surface area contributed by atoms with Gasteiger partial charge in [0.1, 0.15) is 0 Å². The molecule has 0 aliphatic carbocycles. The standard InChI is InChI=1S/C6H12FNO2/c7-4-3-5(8)1-2-6(9)10/h5H,1-4,8H2,(H,9,10). The summed E-state index contributed by atoms with van der Waals surface area (Å²) in [4.78, 5) is 9.96. The zero-order chi connectivity index (χ0) is 7.98. The van der Waals surface area contributed by atoms with Crippen LogP contribution in [0, 0.1) is 0 Å². The Labute approximate surface area is 59.0 Å². The molecule has 0 aromatic rings. The van der Waals surface area contributed by atoms with E-state index < -0.39 is 12.6 Å². The molecule has 0 saturated carbocycles. The van der Waals surface area contributed by atoms with Crippen molar-refractivity contribution in [1.29, 1.82) is 0 Å². The van der Waals surface area contributed by atoms with Gasteiger partial charge in [-0.2, -0.15) is 0 Å². The third-order valence-electron chi connectivity index (χ3n) is 1.21. The van der Waals surface area contributed by atoms with Crippen LogP contribution in [-0.4, -0.2) is 23.8 Å². The number of halogens is 1. The van der Waals surface area contributed by atoms with Crippen LogP contribution in [0.15, 0.2) is 0 Å². The lowest BCUT2D eigenvalue weighted by Crippen LogP contribution is -2.21. The normalized spacial score (nSPS) is 13.0. The maximum atomic E-state index is 11.5. The number of hydrogen-bond acceptors (Lipinski definition) is 2. The van der Waals surface area contributed by atoms with E-state index in [1.54, 1.807) is 0 Å². The topological polar surface area (TPSA) is 63.3 Å². The summed E-state index contributed by atoms with van der Waals surface area (Å²) in [6, 6.07) is -0.305. The van der Waals surface area contributed by atoms with Crippen LogP contribution in [0.25, 0.3) is 0 Å². The Balaban J connectivity index is 3.21. The Bertz CT molecular complexity index is 108. The van der Waals surface area contributed by atoms with Crippen molar-refractivity contribution in [2.24, 2.45) is 5.73 Å². The van der Waals surface area contributed by atoms with Gasteiger partial charge in [-0.1, -0.05) is 0 Å². The van der Waals surface area contributed by atoms with E-state index in [4.69, 9.17) is 10.8 Å². The summed E-state index contributed by atoms with van der Waals surface area (Å²) in [5.74, 6) is -0.880. The molecule has 0 radical (unpaired) electrons. The molecule has 0 heterocycles. The zero-order valence-corrected chi connectivity index (χ0v) is 5.72. The summed E-state index contributed by atoms with van der Waals surface area (Å²) in [5.41, 5.74) is 5.33. The quantitative estimate of drug-likeness (QED) is 0.599. The van der Waals surface area contributed by atoms with Gasteiger partial charge in [-0.05, 0) is 12.8 Å². The van der Waals surface area contributed by atoms with Crippen molar-refractivity contribution in [3.05, 3.63) is 0 Å². The summed E-state index contributed by atoms with van der Waals surface area (Å²) in [6.45, 7) is -0.471. The molecule has 0 spiro atoms. The zero-order valence-electron chi connectivity index (χ0n) is 5.72. The van der Waals surface area contributed by atoms with Crippen LogP contribution >= 0.6 is 0 Å². The second-order valence-electron chi connectivity index (χ2n) is 2.17. The molecule has 0 aliphatic rings. The monoisotopic (exact) mass is 149 g/mol. The maximum Gasteiger partial charge on any atom is 0.303 e. The first kappa shape index (κ1) is 9.36. The van der Waals surface area contributed by atoms with Gasteiger partial charge in [-0.15, -0.1) is 0 Å². The number of carbonyl (C=O) groups is 1. The van der Waals surface area contributed by atoms with Crippen LogP contribution < -0.4 is 5.73 Å². The molecule has 0 aromatic heterocycles. The van der Waals surface area contributed by atoms with Crippen LogP contribution in [0.3, 0.4) is 0 Å². The fraction of sp³-hybridized carbons (Fsp3) is 0.833. The second-order valence-corrected chi connectivity index (χ2v) is 2.17. The Morgan fingerprint density at radius 3 is 2.60 bits per heavy atom. The van der Waals surface area contributed by atoms with E-state index in [2.05, 4.69) is 0 Å². The Morgan fingerprint density at radius 1 is 1.60 bits per heavy atom. The van der Waals surface area contributed by atoms with Crippen molar-refractivity contribution in [3.63, 3.8) is 0 Å². The minimum Gasteiger partial charge on any atom is -0.481 e. The third-order valence-corrected chi connectivity index (χ3v) is 1.21. The van der Waals surface area contributed by atoms with Crippen molar-refractivity contribution in [2.45, 2.75) is 25.3 Å². The lowest BCUT2D eigenvalue weighted by Gasteiger charge is -2.05. The second kappa shape index (κ2) is 5.17. The molecular weight excluding hydrogens is 137 g/mol. The predicted octanol–water partition coefficient (Wildman–Crippen LogP) is 0.538. The lowest BCUT2D eigenvalue weighted by atomic mass is 10.1. The van der Waals surface area contributed by atoms with Gasteiger partial charge in [0.05, 0.1) is 6.67 Å². The van der Waals surface area contributed by atoms with Crippen LogP contribution in [0.1, 0.15) is 19.3 Å². The van der Waals surface area contributed by atoms with E-state index in [-0.39, 0.29) is 18.9 Å². The van der Waals surface area contributed by atoms with Crippen LogP contribution in [0.5, 0.6) is 0 Å². The maximum absolute atomic E-state index is 11.5. The van der Waals surface area contributed by atoms with Crippen molar-refractivity contribution in [3.8, 4) is 0 Å². The highest BCUT2D eigenvalue weighted by molar-refractivity contribution is 5.66. The molecule has 0 fully saturated rings. The van der Waals surface area contributed by atoms with E-state index >= 15 is 0 Å². The molecule has 0 rings (SSSR count). The van der Waals surface area contributed by atoms with Gasteiger partial charge >= 0.3 is 5.97 Å². The molecule has 1 unspecified atom stereocenters. The predicted molar refractivity (Wildman–Crippen MR) is 35.4 cm³/mol. The highest BCUT2D eigenvalue weighted by Crippen LogP contribution is 1.98. The average Bonchev–Trinajstić information content (AvgIpc) is 1.85. The first-order valence-corrected chi connectivity index (χ1v) is 3.20. The number of carboxylic acids is 1. The molecule has 60 valence electrons. The van der Waals surface area contributed by atoms with E-state index in [1.165, 1.54) is 0 Å². The lowest BCUT2D eigenvalue weighted by molar-refractivity contribution is -0.137. The van der Waals surface area contributed by atoms with Gasteiger partial charge in [0.25, 0.3) is 0 Å². The van der Waals surface area contributed by atoms with Crippen LogP contribution in [0.2, 0.25) is 0 Å². The average molecular weight is 149 g/mol. The summed E-state index contributed by atoms with van der Waals surface area (Å²) >= 11 is 0. The van der Waals surface area contributed by atoms with Crippen molar-refractivity contribution in [1.82, 2.24) is 0 Å². The number of nitrogens with two attached hydrogens (primary N) is 1. The Kier molecular flexibility index (Phi) is 4.84. The van der Waals surface area contributed by atoms with E-state index in [0.717, 1.165) is 0 Å². The molecule has 0 saturated heterocycles. The molecule has 1 atom stereocenters. The SMILES string of the molecule is NC(CCF)CCC(=O)O. The Hall–Kier alpha value is -0.640. The molecule has 0 aromatic carbocycles. The molecule has 10 heavy (non-hydrogen) atoms. The first-order valence-electron chi connectivity index (χ1n) is 3.20. The van der Waals surface area contributed by atoms with Crippen LogP contribution in [0.4, 0.5) is 4.39 Å². The first-order chi connectivity index (χ1) is 4.66. The number of rotatable bonds is 5. The number of alkyl halides is 1. The summed E-state index contributed by atoms with van der Waals surface area (Å²) in [7, 11) is 0. The smallest absolute Gasteiger partial charge is 0.303 e. The largest absolute Gasteiger partial charge is 0.481 e. The fourth-order valence-corrected chi connectivity index (χ4v) is 0.593. The summed E-state index contributed by atoms with van der Waals surface area (Å²) < 4.78 is 11.5. The third kappa shape index (κ3) is 5.50. The van der Waals surface area contributed by atoms with Crippen LogP contribution in [-0.2, 0) is 4.79 Å². The molecule has 3 N–H and O–H groups in total. The number of carboxylic acid groups (broad SMARTS) is 1. The molecule has 4 heteroatoms. The minimum atomic E-state index is -0.880. The molecule has 0 aliphatic heterocycles. The summed E-state index contributed by atoms with van der Waals surface area (Å²) in [5, 5.41) is 8.18. The molecule has 0 bridgehead atoms. The van der Waals surface area contributed by atoms with Gasteiger partial charge in [-0.25, -0.2) is 0 Å². The van der Waals surface area contributed by atoms with E-state index in [1.807, 2.05) is 0 Å². The van der Waals surface area contributed by atoms with Crippen molar-refractivity contribution >= 4 is 5.97 Å². The molecular formula is C6H12FNO2. The van der Waals surface area contributed by atoms with Crippen molar-refractivity contribution < 1.29 is 14.3 Å². The number of hydrogen-bond donors (Lipinski definition) is 2. The highest BCUT2D eigenvalue weighted by atomic mass is 19.1. The fourth-order valence-electron chi connectivity index (χ4n) is 0.593. The van der Waals surface area contributed by atoms with Crippen molar-refractivity contribution in [2.75, 3.05) is 6.67 Å². The van der Waals surface area contributed by atoms with Gasteiger partial charge in [0.15, 0.2) is 0 Å². The molecule has 3 nitrogen and oxygen atoms in total.